The van der Waals surface area contributed by atoms with Crippen LogP contribution < -0.4 is 15.5 Å². The number of amides is 4. The van der Waals surface area contributed by atoms with Crippen LogP contribution in [-0.2, 0) is 15.1 Å². The topological polar surface area (TPSA) is 81.8 Å². The lowest BCUT2D eigenvalue weighted by atomic mass is 9.92. The van der Waals surface area contributed by atoms with Crippen molar-refractivity contribution in [3.8, 4) is 0 Å². The Morgan fingerprint density at radius 1 is 1.13 bits per heavy atom. The van der Waals surface area contributed by atoms with Crippen LogP contribution in [0.2, 0.25) is 0 Å². The number of carbonyl (C=O) groups excluding carboxylic acids is 3. The van der Waals surface area contributed by atoms with Gasteiger partial charge in [0.1, 0.15) is 12.1 Å². The Hall–Kier alpha value is -3.35. The van der Waals surface area contributed by atoms with E-state index in [1.807, 2.05) is 43.3 Å². The lowest BCUT2D eigenvalue weighted by molar-refractivity contribution is -0.134. The molecular formula is C23H28N4O3. The quantitative estimate of drug-likeness (QED) is 0.657. The fraction of sp³-hybridized carbons (Fsp3) is 0.348. The number of rotatable bonds is 8. The monoisotopic (exact) mass is 408 g/mol. The van der Waals surface area contributed by atoms with Gasteiger partial charge in [0.05, 0.1) is 0 Å². The maximum absolute atomic E-state index is 12.9. The van der Waals surface area contributed by atoms with Crippen LogP contribution in [0.25, 0.3) is 0 Å². The molecule has 0 aliphatic carbocycles. The summed E-state index contributed by atoms with van der Waals surface area (Å²) in [5.74, 6) is -0.792. The van der Waals surface area contributed by atoms with Crippen molar-refractivity contribution < 1.29 is 14.4 Å². The summed E-state index contributed by atoms with van der Waals surface area (Å²) in [7, 11) is 0. The van der Waals surface area contributed by atoms with Crippen molar-refractivity contribution in [2.75, 3.05) is 31.1 Å². The van der Waals surface area contributed by atoms with E-state index >= 15 is 0 Å². The molecule has 1 aliphatic rings. The number of urea groups is 1. The van der Waals surface area contributed by atoms with Crippen LogP contribution in [0.3, 0.4) is 0 Å². The van der Waals surface area contributed by atoms with Gasteiger partial charge in [-0.05, 0) is 44.0 Å². The summed E-state index contributed by atoms with van der Waals surface area (Å²) in [5.41, 5.74) is 1.79. The molecule has 3 rings (SSSR count). The van der Waals surface area contributed by atoms with E-state index in [1.54, 1.807) is 19.1 Å². The average molecular weight is 409 g/mol. The molecule has 2 aromatic rings. The standard InChI is InChI=1S/C23H28N4O3/c1-4-26(19-12-8-9-17(2)15-19)14-13-24-20(28)16-27-21(29)23(3,25-22(27)30)18-10-6-5-7-11-18/h5-12,15H,4,13-14,16H2,1-3H3,(H,24,28)(H,25,30). The third-order valence-corrected chi connectivity index (χ3v) is 5.38. The second kappa shape index (κ2) is 8.98. The maximum atomic E-state index is 12.9. The molecule has 1 heterocycles. The van der Waals surface area contributed by atoms with Gasteiger partial charge >= 0.3 is 6.03 Å². The van der Waals surface area contributed by atoms with Crippen LogP contribution in [0.4, 0.5) is 10.5 Å². The highest BCUT2D eigenvalue weighted by atomic mass is 16.2. The molecule has 7 nitrogen and oxygen atoms in total. The zero-order chi connectivity index (χ0) is 21.7. The highest BCUT2D eigenvalue weighted by molar-refractivity contribution is 6.09. The molecule has 0 bridgehead atoms. The number of likely N-dealkylation sites (N-methyl/N-ethyl adjacent to an activating group) is 1. The predicted molar refractivity (Wildman–Crippen MR) is 116 cm³/mol. The summed E-state index contributed by atoms with van der Waals surface area (Å²) in [5, 5.41) is 5.52. The van der Waals surface area contributed by atoms with Crippen molar-refractivity contribution in [1.29, 1.82) is 0 Å². The molecule has 1 aliphatic heterocycles. The highest BCUT2D eigenvalue weighted by Gasteiger charge is 2.49. The molecule has 1 fully saturated rings. The summed E-state index contributed by atoms with van der Waals surface area (Å²) in [6.07, 6.45) is 0. The molecule has 1 saturated heterocycles. The number of nitrogens with one attached hydrogen (secondary N) is 2. The van der Waals surface area contributed by atoms with Crippen LogP contribution in [0, 0.1) is 6.92 Å². The van der Waals surface area contributed by atoms with Gasteiger partial charge in [-0.15, -0.1) is 0 Å². The van der Waals surface area contributed by atoms with Crippen LogP contribution in [0.15, 0.2) is 54.6 Å². The van der Waals surface area contributed by atoms with E-state index in [2.05, 4.69) is 28.5 Å². The molecule has 0 radical (unpaired) electrons. The van der Waals surface area contributed by atoms with Gasteiger partial charge in [0.15, 0.2) is 0 Å². The van der Waals surface area contributed by atoms with E-state index in [4.69, 9.17) is 0 Å². The Kier molecular flexibility index (Phi) is 6.40. The molecule has 158 valence electrons. The first kappa shape index (κ1) is 21.4. The van der Waals surface area contributed by atoms with Gasteiger partial charge in [-0.3, -0.25) is 14.5 Å². The first-order valence-corrected chi connectivity index (χ1v) is 10.1. The van der Waals surface area contributed by atoms with Crippen LogP contribution in [0.1, 0.15) is 25.0 Å². The summed E-state index contributed by atoms with van der Waals surface area (Å²) >= 11 is 0. The molecule has 0 saturated carbocycles. The van der Waals surface area contributed by atoms with Crippen molar-refractivity contribution in [3.63, 3.8) is 0 Å². The Labute approximate surface area is 177 Å². The molecule has 1 unspecified atom stereocenters. The second-order valence-electron chi connectivity index (χ2n) is 7.58. The van der Waals surface area contributed by atoms with E-state index in [9.17, 15) is 14.4 Å². The van der Waals surface area contributed by atoms with E-state index in [1.165, 1.54) is 5.56 Å². The van der Waals surface area contributed by atoms with Crippen molar-refractivity contribution >= 4 is 23.5 Å². The molecule has 1 atom stereocenters. The number of nitrogens with zero attached hydrogens (tertiary/aromatic N) is 2. The number of carbonyl (C=O) groups is 3. The predicted octanol–water partition coefficient (Wildman–Crippen LogP) is 2.40. The Balaban J connectivity index is 1.56. The lowest BCUT2D eigenvalue weighted by Gasteiger charge is -2.24. The minimum Gasteiger partial charge on any atom is -0.370 e. The molecule has 0 spiro atoms. The van der Waals surface area contributed by atoms with Crippen molar-refractivity contribution in [2.24, 2.45) is 0 Å². The molecule has 7 heteroatoms. The maximum Gasteiger partial charge on any atom is 0.325 e. The number of hydrogen-bond acceptors (Lipinski definition) is 4. The summed E-state index contributed by atoms with van der Waals surface area (Å²) in [4.78, 5) is 40.8. The SMILES string of the molecule is CCN(CCNC(=O)CN1C(=O)NC(C)(c2ccccc2)C1=O)c1cccc(C)c1. The van der Waals surface area contributed by atoms with Gasteiger partial charge in [-0.2, -0.15) is 0 Å². The molecule has 0 aromatic heterocycles. The number of anilines is 1. The summed E-state index contributed by atoms with van der Waals surface area (Å²) in [6.45, 7) is 7.31. The van der Waals surface area contributed by atoms with Crippen LogP contribution >= 0.6 is 0 Å². The van der Waals surface area contributed by atoms with Crippen molar-refractivity contribution in [1.82, 2.24) is 15.5 Å². The molecule has 2 N–H and O–H groups in total. The lowest BCUT2D eigenvalue weighted by Crippen LogP contribution is -2.44. The van der Waals surface area contributed by atoms with E-state index < -0.39 is 17.5 Å². The minimum atomic E-state index is -1.16. The minimum absolute atomic E-state index is 0.302. The zero-order valence-electron chi connectivity index (χ0n) is 17.6. The fourth-order valence-corrected chi connectivity index (χ4v) is 3.63. The van der Waals surface area contributed by atoms with Gasteiger partial charge in [-0.25, -0.2) is 4.79 Å². The zero-order valence-corrected chi connectivity index (χ0v) is 17.6. The van der Waals surface area contributed by atoms with Gasteiger partial charge in [0.25, 0.3) is 5.91 Å². The van der Waals surface area contributed by atoms with E-state index in [0.29, 0.717) is 18.7 Å². The third kappa shape index (κ3) is 4.45. The largest absolute Gasteiger partial charge is 0.370 e. The highest BCUT2D eigenvalue weighted by Crippen LogP contribution is 2.28. The molecular weight excluding hydrogens is 380 g/mol. The second-order valence-corrected chi connectivity index (χ2v) is 7.58. The Morgan fingerprint density at radius 2 is 1.87 bits per heavy atom. The fourth-order valence-electron chi connectivity index (χ4n) is 3.63. The van der Waals surface area contributed by atoms with E-state index in [-0.39, 0.29) is 12.5 Å². The molecule has 30 heavy (non-hydrogen) atoms. The first-order valence-electron chi connectivity index (χ1n) is 10.1. The number of imide groups is 1. The van der Waals surface area contributed by atoms with Crippen molar-refractivity contribution in [3.05, 3.63) is 65.7 Å². The third-order valence-electron chi connectivity index (χ3n) is 5.38. The number of benzene rings is 2. The number of hydrogen-bond donors (Lipinski definition) is 2. The van der Waals surface area contributed by atoms with E-state index in [0.717, 1.165) is 17.1 Å². The van der Waals surface area contributed by atoms with Crippen molar-refractivity contribution in [2.45, 2.75) is 26.3 Å². The Morgan fingerprint density at radius 3 is 2.53 bits per heavy atom. The smallest absolute Gasteiger partial charge is 0.325 e. The van der Waals surface area contributed by atoms with Gasteiger partial charge < -0.3 is 15.5 Å². The molecule has 4 amide bonds. The average Bonchev–Trinajstić information content (AvgIpc) is 2.96. The summed E-state index contributed by atoms with van der Waals surface area (Å²) in [6, 6.07) is 16.7. The van der Waals surface area contributed by atoms with Crippen LogP contribution in [0.5, 0.6) is 0 Å². The van der Waals surface area contributed by atoms with Gasteiger partial charge in [0.2, 0.25) is 5.91 Å². The van der Waals surface area contributed by atoms with Gasteiger partial charge in [-0.1, -0.05) is 42.5 Å². The van der Waals surface area contributed by atoms with Gasteiger partial charge in [0, 0.05) is 25.3 Å². The summed E-state index contributed by atoms with van der Waals surface area (Å²) < 4.78 is 0. The number of aryl methyl sites for hydroxylation is 1. The van der Waals surface area contributed by atoms with Crippen LogP contribution in [-0.4, -0.2) is 48.9 Å². The first-order chi connectivity index (χ1) is 14.3. The molecule has 2 aromatic carbocycles. The normalized spacial score (nSPS) is 18.3. The Bertz CT molecular complexity index is 931.